The van der Waals surface area contributed by atoms with Crippen molar-refractivity contribution >= 4 is 34.5 Å². The molecule has 0 atom stereocenters. The lowest BCUT2D eigenvalue weighted by molar-refractivity contribution is -0.140. The molecule has 0 unspecified atom stereocenters. The maximum absolute atomic E-state index is 15.2. The average molecular weight is 486 g/mol. The fourth-order valence-corrected chi connectivity index (χ4v) is 4.67. The van der Waals surface area contributed by atoms with E-state index in [4.69, 9.17) is 11.6 Å². The lowest BCUT2D eigenvalue weighted by Crippen LogP contribution is -2.15. The molecule has 0 bridgehead atoms. The van der Waals surface area contributed by atoms with Crippen molar-refractivity contribution in [1.82, 2.24) is 14.3 Å². The summed E-state index contributed by atoms with van der Waals surface area (Å²) in [5.41, 5.74) is -0.183. The highest BCUT2D eigenvalue weighted by Crippen LogP contribution is 2.40. The molecule has 32 heavy (non-hydrogen) atoms. The molecule has 2 aromatic heterocycles. The molecular weight excluding hydrogens is 462 g/mol. The SMILES string of the molecule is CC(C)(C)Cn1cc(CNSC2CC2)c2cc(F)c(-c3cc(Cl)cnc3C(F)(F)F)cc21. The van der Waals surface area contributed by atoms with Crippen LogP contribution >= 0.6 is 23.5 Å². The molecule has 3 nitrogen and oxygen atoms in total. The van der Waals surface area contributed by atoms with Gasteiger partial charge in [-0.15, -0.1) is 0 Å². The summed E-state index contributed by atoms with van der Waals surface area (Å²) in [6, 6.07) is 3.92. The monoisotopic (exact) mass is 485 g/mol. The highest BCUT2D eigenvalue weighted by atomic mass is 35.5. The molecule has 3 aromatic rings. The maximum Gasteiger partial charge on any atom is 0.433 e. The number of fused-ring (bicyclic) bond motifs is 1. The fraction of sp³-hybridized carbons (Fsp3) is 0.435. The highest BCUT2D eigenvalue weighted by Gasteiger charge is 2.36. The largest absolute Gasteiger partial charge is 0.433 e. The minimum Gasteiger partial charge on any atom is -0.347 e. The molecule has 172 valence electrons. The molecule has 1 aliphatic rings. The molecule has 1 aliphatic carbocycles. The normalized spacial score (nSPS) is 15.0. The molecule has 0 amide bonds. The van der Waals surface area contributed by atoms with E-state index in [0.29, 0.717) is 29.2 Å². The van der Waals surface area contributed by atoms with Crippen LogP contribution in [0.15, 0.2) is 30.6 Å². The Kier molecular flexibility index (Phi) is 6.24. The first-order chi connectivity index (χ1) is 14.9. The number of alkyl halides is 3. The van der Waals surface area contributed by atoms with E-state index in [9.17, 15) is 13.2 Å². The summed E-state index contributed by atoms with van der Waals surface area (Å²) in [5, 5.41) is 1.32. The molecule has 2 heterocycles. The Bertz CT molecular complexity index is 1150. The summed E-state index contributed by atoms with van der Waals surface area (Å²) in [6.45, 7) is 7.40. The van der Waals surface area contributed by atoms with Crippen LogP contribution < -0.4 is 4.72 Å². The number of nitrogens with zero attached hydrogens (tertiary/aromatic N) is 2. The molecule has 4 rings (SSSR count). The second-order valence-electron chi connectivity index (χ2n) is 9.38. The van der Waals surface area contributed by atoms with Crippen LogP contribution in [0.1, 0.15) is 44.9 Å². The van der Waals surface area contributed by atoms with Crippen LogP contribution in [-0.4, -0.2) is 14.8 Å². The Balaban J connectivity index is 1.84. The first kappa shape index (κ1) is 23.4. The van der Waals surface area contributed by atoms with E-state index in [1.54, 1.807) is 11.9 Å². The third kappa shape index (κ3) is 5.24. The topological polar surface area (TPSA) is 29.9 Å². The Labute approximate surface area is 193 Å². The lowest BCUT2D eigenvalue weighted by Gasteiger charge is -2.20. The van der Waals surface area contributed by atoms with Gasteiger partial charge in [0, 0.05) is 52.8 Å². The van der Waals surface area contributed by atoms with Crippen molar-refractivity contribution in [2.75, 3.05) is 0 Å². The van der Waals surface area contributed by atoms with Gasteiger partial charge in [-0.3, -0.25) is 4.72 Å². The van der Waals surface area contributed by atoms with Crippen molar-refractivity contribution in [2.24, 2.45) is 5.41 Å². The smallest absolute Gasteiger partial charge is 0.347 e. The van der Waals surface area contributed by atoms with Gasteiger partial charge in [0.25, 0.3) is 0 Å². The quantitative estimate of drug-likeness (QED) is 0.290. The second kappa shape index (κ2) is 8.54. The van der Waals surface area contributed by atoms with Crippen molar-refractivity contribution in [3.05, 3.63) is 52.7 Å². The van der Waals surface area contributed by atoms with Gasteiger partial charge in [-0.25, -0.2) is 9.37 Å². The van der Waals surface area contributed by atoms with Crippen LogP contribution in [0.25, 0.3) is 22.0 Å². The van der Waals surface area contributed by atoms with Crippen LogP contribution in [-0.2, 0) is 19.3 Å². The van der Waals surface area contributed by atoms with E-state index in [0.717, 1.165) is 17.8 Å². The molecule has 1 saturated carbocycles. The van der Waals surface area contributed by atoms with Crippen LogP contribution in [0.3, 0.4) is 0 Å². The van der Waals surface area contributed by atoms with Gasteiger partial charge in [0.2, 0.25) is 0 Å². The van der Waals surface area contributed by atoms with E-state index in [2.05, 4.69) is 30.5 Å². The van der Waals surface area contributed by atoms with Crippen molar-refractivity contribution in [3.8, 4) is 11.1 Å². The van der Waals surface area contributed by atoms with E-state index in [1.807, 2.05) is 10.8 Å². The predicted octanol–water partition coefficient (Wildman–Crippen LogP) is 7.46. The second-order valence-corrected chi connectivity index (χ2v) is 11.0. The minimum atomic E-state index is -4.73. The first-order valence-electron chi connectivity index (χ1n) is 10.4. The minimum absolute atomic E-state index is 0.0135. The number of benzene rings is 1. The molecular formula is C23H24ClF4N3S. The van der Waals surface area contributed by atoms with Gasteiger partial charge < -0.3 is 4.57 Å². The number of aromatic nitrogens is 2. The van der Waals surface area contributed by atoms with Crippen molar-refractivity contribution in [2.45, 2.75) is 58.1 Å². The zero-order valence-corrected chi connectivity index (χ0v) is 19.6. The number of hydrogen-bond donors (Lipinski definition) is 1. The summed E-state index contributed by atoms with van der Waals surface area (Å²) in [6.07, 6.45) is 0.533. The third-order valence-corrected chi connectivity index (χ3v) is 6.47. The number of hydrogen-bond acceptors (Lipinski definition) is 3. The van der Waals surface area contributed by atoms with Crippen molar-refractivity contribution in [3.63, 3.8) is 0 Å². The fourth-order valence-electron chi connectivity index (χ4n) is 3.67. The summed E-state index contributed by atoms with van der Waals surface area (Å²) in [5.74, 6) is -0.739. The van der Waals surface area contributed by atoms with Crippen LogP contribution in [0.5, 0.6) is 0 Å². The Morgan fingerprint density at radius 1 is 1.16 bits per heavy atom. The molecule has 0 aliphatic heterocycles. The van der Waals surface area contributed by atoms with Crippen molar-refractivity contribution < 1.29 is 17.6 Å². The summed E-state index contributed by atoms with van der Waals surface area (Å²) < 4.78 is 61.3. The number of nitrogens with one attached hydrogen (secondary N) is 1. The molecule has 9 heteroatoms. The molecule has 1 aromatic carbocycles. The summed E-state index contributed by atoms with van der Waals surface area (Å²) >= 11 is 7.61. The number of halogens is 5. The number of rotatable bonds is 6. The lowest BCUT2D eigenvalue weighted by atomic mass is 9.96. The molecule has 0 spiro atoms. The maximum atomic E-state index is 15.2. The third-order valence-electron chi connectivity index (χ3n) is 5.15. The van der Waals surface area contributed by atoms with Gasteiger partial charge in [0.15, 0.2) is 5.69 Å². The highest BCUT2D eigenvalue weighted by molar-refractivity contribution is 7.98. The Morgan fingerprint density at radius 2 is 1.88 bits per heavy atom. The van der Waals surface area contributed by atoms with Crippen LogP contribution in [0.4, 0.5) is 17.6 Å². The van der Waals surface area contributed by atoms with Crippen molar-refractivity contribution in [1.29, 1.82) is 0 Å². The zero-order valence-electron chi connectivity index (χ0n) is 18.0. The van der Waals surface area contributed by atoms with Gasteiger partial charge in [-0.05, 0) is 42.0 Å². The summed E-state index contributed by atoms with van der Waals surface area (Å²) in [7, 11) is 0. The first-order valence-corrected chi connectivity index (χ1v) is 11.6. The van der Waals surface area contributed by atoms with Gasteiger partial charge in [-0.1, -0.05) is 44.3 Å². The van der Waals surface area contributed by atoms with E-state index >= 15 is 4.39 Å². The Hall–Kier alpha value is -1.77. The molecule has 0 saturated heterocycles. The van der Waals surface area contributed by atoms with E-state index in [-0.39, 0.29) is 21.6 Å². The van der Waals surface area contributed by atoms with E-state index in [1.165, 1.54) is 25.0 Å². The average Bonchev–Trinajstić information content (AvgIpc) is 3.43. The van der Waals surface area contributed by atoms with Gasteiger partial charge in [-0.2, -0.15) is 13.2 Å². The molecule has 1 fully saturated rings. The van der Waals surface area contributed by atoms with Crippen LogP contribution in [0.2, 0.25) is 5.02 Å². The van der Waals surface area contributed by atoms with Crippen LogP contribution in [0, 0.1) is 11.2 Å². The standard InChI is InChI=1S/C23H24ClF4N3S/c1-22(2,3)12-31-11-13(9-30-32-15-4-5-15)16-7-19(25)17(8-20(16)31)18-6-14(24)10-29-21(18)23(26,27)28/h6-8,10-11,15,30H,4-5,9,12H2,1-3H3. The Morgan fingerprint density at radius 3 is 2.50 bits per heavy atom. The summed E-state index contributed by atoms with van der Waals surface area (Å²) in [4.78, 5) is 3.45. The zero-order chi connectivity index (χ0) is 23.3. The van der Waals surface area contributed by atoms with Gasteiger partial charge >= 0.3 is 6.18 Å². The molecule has 0 radical (unpaired) electrons. The van der Waals surface area contributed by atoms with E-state index < -0.39 is 17.7 Å². The molecule has 1 N–H and O–H groups in total. The predicted molar refractivity (Wildman–Crippen MR) is 122 cm³/mol. The number of pyridine rings is 1. The van der Waals surface area contributed by atoms with Gasteiger partial charge in [0.1, 0.15) is 5.82 Å². The van der Waals surface area contributed by atoms with Gasteiger partial charge in [0.05, 0.1) is 5.02 Å².